The fraction of sp³-hybridized carbons (Fsp3) is 0.375. The minimum Gasteiger partial charge on any atom is -0.494 e. The van der Waals surface area contributed by atoms with Crippen LogP contribution in [0.2, 0.25) is 0 Å². The first-order valence-electron chi connectivity index (χ1n) is 7.04. The number of nitrogens with two attached hydrogens (primary N) is 1. The highest BCUT2D eigenvalue weighted by Gasteiger charge is 2.22. The second kappa shape index (κ2) is 7.82. The lowest BCUT2D eigenvalue weighted by atomic mass is 10.1. The third-order valence-electron chi connectivity index (χ3n) is 3.11. The Morgan fingerprint density at radius 1 is 1.19 bits per heavy atom. The van der Waals surface area contributed by atoms with Crippen LogP contribution < -0.4 is 15.2 Å². The summed E-state index contributed by atoms with van der Waals surface area (Å²) in [6, 6.07) is 11.7. The summed E-state index contributed by atoms with van der Waals surface area (Å²) in [5.74, 6) is 1.59. The molecule has 114 valence electrons. The van der Waals surface area contributed by atoms with Gasteiger partial charge in [-0.05, 0) is 53.5 Å². The van der Waals surface area contributed by atoms with Gasteiger partial charge in [0.1, 0.15) is 17.6 Å². The van der Waals surface area contributed by atoms with E-state index in [0.29, 0.717) is 6.61 Å². The molecule has 1 aromatic carbocycles. The van der Waals surface area contributed by atoms with E-state index in [2.05, 4.69) is 28.9 Å². The molecule has 0 saturated heterocycles. The minimum absolute atomic E-state index is 0.0497. The van der Waals surface area contributed by atoms with Gasteiger partial charge in [0.25, 0.3) is 0 Å². The first-order valence-corrected chi connectivity index (χ1v) is 8.65. The molecular weight excluding hydrogens is 350 g/mol. The molecule has 2 N–H and O–H groups in total. The molecule has 0 amide bonds. The molecule has 0 bridgehead atoms. The molecule has 0 fully saturated rings. The van der Waals surface area contributed by atoms with Gasteiger partial charge in [0.15, 0.2) is 0 Å². The van der Waals surface area contributed by atoms with Gasteiger partial charge in [-0.15, -0.1) is 11.3 Å². The average Bonchev–Trinajstić information content (AvgIpc) is 2.91. The number of hydrogen-bond donors (Lipinski definition) is 1. The van der Waals surface area contributed by atoms with Crippen LogP contribution in [0.4, 0.5) is 0 Å². The maximum Gasteiger partial charge on any atom is 0.148 e. The van der Waals surface area contributed by atoms with E-state index in [1.165, 1.54) is 0 Å². The highest BCUT2D eigenvalue weighted by Crippen LogP contribution is 2.33. The minimum atomic E-state index is -0.150. The summed E-state index contributed by atoms with van der Waals surface area (Å²) in [6.45, 7) is 4.67. The normalized spacial score (nSPS) is 13.7. The summed E-state index contributed by atoms with van der Waals surface area (Å²) in [6.07, 6.45) is 0.703. The van der Waals surface area contributed by atoms with Gasteiger partial charge in [-0.3, -0.25) is 0 Å². The molecule has 0 aliphatic rings. The molecule has 2 aromatic rings. The molecular formula is C16H20BrNO2S. The number of rotatable bonds is 7. The summed E-state index contributed by atoms with van der Waals surface area (Å²) < 4.78 is 12.7. The van der Waals surface area contributed by atoms with Crippen LogP contribution in [0, 0.1) is 0 Å². The number of thiophene rings is 1. The van der Waals surface area contributed by atoms with Crippen molar-refractivity contribution >= 4 is 27.3 Å². The van der Waals surface area contributed by atoms with Gasteiger partial charge in [0, 0.05) is 17.0 Å². The molecule has 0 aliphatic heterocycles. The smallest absolute Gasteiger partial charge is 0.148 e. The molecule has 0 radical (unpaired) electrons. The molecule has 0 aliphatic carbocycles. The van der Waals surface area contributed by atoms with Crippen molar-refractivity contribution in [2.75, 3.05) is 6.61 Å². The van der Waals surface area contributed by atoms with E-state index in [-0.39, 0.29) is 12.1 Å². The fourth-order valence-corrected chi connectivity index (χ4v) is 3.53. The number of halogens is 1. The van der Waals surface area contributed by atoms with Crippen LogP contribution in [0.25, 0.3) is 0 Å². The van der Waals surface area contributed by atoms with Crippen LogP contribution in [-0.2, 0) is 0 Å². The van der Waals surface area contributed by atoms with Crippen molar-refractivity contribution in [3.05, 3.63) is 45.1 Å². The van der Waals surface area contributed by atoms with Crippen LogP contribution in [0.15, 0.2) is 40.2 Å². The van der Waals surface area contributed by atoms with E-state index in [0.717, 1.165) is 26.6 Å². The molecule has 0 spiro atoms. The average molecular weight is 370 g/mol. The van der Waals surface area contributed by atoms with Crippen LogP contribution in [0.1, 0.15) is 31.2 Å². The third kappa shape index (κ3) is 4.46. The molecule has 21 heavy (non-hydrogen) atoms. The van der Waals surface area contributed by atoms with Gasteiger partial charge in [-0.2, -0.15) is 0 Å². The predicted molar refractivity (Wildman–Crippen MR) is 91.3 cm³/mol. The van der Waals surface area contributed by atoms with Gasteiger partial charge in [0.05, 0.1) is 10.4 Å². The van der Waals surface area contributed by atoms with Gasteiger partial charge in [-0.1, -0.05) is 13.0 Å². The first-order chi connectivity index (χ1) is 10.1. The van der Waals surface area contributed by atoms with Crippen molar-refractivity contribution in [1.29, 1.82) is 0 Å². The summed E-state index contributed by atoms with van der Waals surface area (Å²) in [7, 11) is 0. The predicted octanol–water partition coefficient (Wildman–Crippen LogP) is 4.77. The standard InChI is InChI=1S/C16H20BrNO2S/c1-3-13(18)16(14-8-9-15(17)21-14)20-12-7-5-6-11(10-12)19-4-2/h5-10,13,16H,3-4,18H2,1-2H3. The molecule has 0 saturated carbocycles. The Hall–Kier alpha value is -1.04. The van der Waals surface area contributed by atoms with E-state index in [1.807, 2.05) is 37.3 Å². The van der Waals surface area contributed by atoms with Crippen LogP contribution >= 0.6 is 27.3 Å². The fourth-order valence-electron chi connectivity index (χ4n) is 2.00. The molecule has 2 unspecified atom stereocenters. The molecule has 1 aromatic heterocycles. The van der Waals surface area contributed by atoms with Crippen LogP contribution in [0.3, 0.4) is 0 Å². The monoisotopic (exact) mass is 369 g/mol. The number of ether oxygens (including phenoxy) is 2. The highest BCUT2D eigenvalue weighted by molar-refractivity contribution is 9.11. The zero-order valence-corrected chi connectivity index (χ0v) is 14.6. The Balaban J connectivity index is 2.20. The number of hydrogen-bond acceptors (Lipinski definition) is 4. The van der Waals surface area contributed by atoms with E-state index < -0.39 is 0 Å². The van der Waals surface area contributed by atoms with Gasteiger partial charge in [-0.25, -0.2) is 0 Å². The van der Waals surface area contributed by atoms with Gasteiger partial charge < -0.3 is 15.2 Å². The lowest BCUT2D eigenvalue weighted by molar-refractivity contribution is 0.174. The van der Waals surface area contributed by atoms with E-state index >= 15 is 0 Å². The van der Waals surface area contributed by atoms with Crippen LogP contribution in [0.5, 0.6) is 11.5 Å². The van der Waals surface area contributed by atoms with Gasteiger partial charge in [0.2, 0.25) is 0 Å². The Bertz CT molecular complexity index is 573. The Kier molecular flexibility index (Phi) is 6.08. The second-order valence-electron chi connectivity index (χ2n) is 4.66. The lowest BCUT2D eigenvalue weighted by Gasteiger charge is -2.23. The van der Waals surface area contributed by atoms with Crippen molar-refractivity contribution in [3.63, 3.8) is 0 Å². The SMILES string of the molecule is CCOc1cccc(OC(c2ccc(Br)s2)C(N)CC)c1. The Morgan fingerprint density at radius 3 is 2.57 bits per heavy atom. The second-order valence-corrected chi connectivity index (χ2v) is 7.15. The van der Waals surface area contributed by atoms with Crippen molar-refractivity contribution in [3.8, 4) is 11.5 Å². The Labute approximate surface area is 138 Å². The first kappa shape index (κ1) is 16.3. The zero-order chi connectivity index (χ0) is 15.2. The van der Waals surface area contributed by atoms with Gasteiger partial charge >= 0.3 is 0 Å². The maximum absolute atomic E-state index is 6.24. The number of benzene rings is 1. The van der Waals surface area contributed by atoms with Crippen molar-refractivity contribution in [2.24, 2.45) is 5.73 Å². The molecule has 2 rings (SSSR count). The molecule has 1 heterocycles. The zero-order valence-electron chi connectivity index (χ0n) is 12.2. The molecule has 5 heteroatoms. The summed E-state index contributed by atoms with van der Waals surface area (Å²) in [4.78, 5) is 1.12. The largest absolute Gasteiger partial charge is 0.494 e. The van der Waals surface area contributed by atoms with Crippen molar-refractivity contribution in [2.45, 2.75) is 32.4 Å². The summed E-state index contributed by atoms with van der Waals surface area (Å²) >= 11 is 5.14. The van der Waals surface area contributed by atoms with E-state index in [1.54, 1.807) is 11.3 Å². The topological polar surface area (TPSA) is 44.5 Å². The quantitative estimate of drug-likeness (QED) is 0.764. The van der Waals surface area contributed by atoms with Crippen molar-refractivity contribution in [1.82, 2.24) is 0 Å². The summed E-state index contributed by atoms with van der Waals surface area (Å²) in [5.41, 5.74) is 6.24. The molecule has 3 nitrogen and oxygen atoms in total. The maximum atomic E-state index is 6.24. The van der Waals surface area contributed by atoms with Crippen molar-refractivity contribution < 1.29 is 9.47 Å². The van der Waals surface area contributed by atoms with Crippen LogP contribution in [-0.4, -0.2) is 12.6 Å². The van der Waals surface area contributed by atoms with E-state index in [4.69, 9.17) is 15.2 Å². The Morgan fingerprint density at radius 2 is 1.95 bits per heavy atom. The highest BCUT2D eigenvalue weighted by atomic mass is 79.9. The van der Waals surface area contributed by atoms with E-state index in [9.17, 15) is 0 Å². The molecule has 2 atom stereocenters. The third-order valence-corrected chi connectivity index (χ3v) is 4.80. The summed E-state index contributed by atoms with van der Waals surface area (Å²) in [5, 5.41) is 0. The lowest BCUT2D eigenvalue weighted by Crippen LogP contribution is -2.30.